The molecular formula is C14H14N6. The molecule has 0 unspecified atom stereocenters. The maximum Gasteiger partial charge on any atom is 0.101 e. The van der Waals surface area contributed by atoms with Crippen molar-refractivity contribution in [3.63, 3.8) is 0 Å². The van der Waals surface area contributed by atoms with Crippen LogP contribution in [-0.2, 0) is 6.54 Å². The Morgan fingerprint density at radius 1 is 1.25 bits per heavy atom. The molecule has 1 aromatic carbocycles. The van der Waals surface area contributed by atoms with E-state index in [4.69, 9.17) is 10.5 Å². The summed E-state index contributed by atoms with van der Waals surface area (Å²) in [5, 5.41) is 29.2. The Balaban J connectivity index is 2.31. The molecule has 0 atom stereocenters. The molecule has 1 heterocycles. The zero-order valence-electron chi connectivity index (χ0n) is 11.2. The summed E-state index contributed by atoms with van der Waals surface area (Å²) < 4.78 is 1.67. The number of nitriles is 2. The molecular weight excluding hydrogens is 252 g/mol. The first-order valence-corrected chi connectivity index (χ1v) is 6.35. The maximum absolute atomic E-state index is 9.06. The van der Waals surface area contributed by atoms with Gasteiger partial charge in [0.2, 0.25) is 0 Å². The molecule has 0 aliphatic carbocycles. The summed E-state index contributed by atoms with van der Waals surface area (Å²) in [6.07, 6.45) is 2.74. The molecule has 1 N–H and O–H groups in total. The molecule has 0 spiro atoms. The Labute approximate surface area is 117 Å². The average Bonchev–Trinajstić information content (AvgIpc) is 2.95. The second-order valence-electron chi connectivity index (χ2n) is 4.27. The average molecular weight is 266 g/mol. The predicted octanol–water partition coefficient (Wildman–Crippen LogP) is 1.51. The Kier molecular flexibility index (Phi) is 4.43. The van der Waals surface area contributed by atoms with Crippen LogP contribution in [0.2, 0.25) is 0 Å². The van der Waals surface area contributed by atoms with Crippen molar-refractivity contribution in [3.8, 4) is 17.8 Å². The van der Waals surface area contributed by atoms with Crippen LogP contribution in [0, 0.1) is 22.7 Å². The van der Waals surface area contributed by atoms with E-state index in [0.29, 0.717) is 17.7 Å². The van der Waals surface area contributed by atoms with E-state index in [1.54, 1.807) is 29.1 Å². The fourth-order valence-corrected chi connectivity index (χ4v) is 1.84. The third kappa shape index (κ3) is 2.82. The molecule has 6 nitrogen and oxygen atoms in total. The minimum absolute atomic E-state index is 0.341. The molecule has 1 aromatic heterocycles. The van der Waals surface area contributed by atoms with Crippen LogP contribution >= 0.6 is 0 Å². The maximum atomic E-state index is 9.06. The van der Waals surface area contributed by atoms with Gasteiger partial charge in [0, 0.05) is 6.54 Å². The van der Waals surface area contributed by atoms with Gasteiger partial charge in [0.15, 0.2) is 0 Å². The Hall–Kier alpha value is -2.70. The lowest BCUT2D eigenvalue weighted by Gasteiger charge is -2.07. The highest BCUT2D eigenvalue weighted by atomic mass is 15.4. The van der Waals surface area contributed by atoms with Gasteiger partial charge in [-0.2, -0.15) is 10.5 Å². The molecule has 0 aliphatic heterocycles. The van der Waals surface area contributed by atoms with E-state index in [1.807, 2.05) is 12.1 Å². The van der Waals surface area contributed by atoms with Gasteiger partial charge < -0.3 is 5.32 Å². The lowest BCUT2D eigenvalue weighted by Crippen LogP contribution is -2.16. The highest BCUT2D eigenvalue weighted by Gasteiger charge is 2.09. The minimum Gasteiger partial charge on any atom is -0.311 e. The molecule has 0 radical (unpaired) electrons. The smallest absolute Gasteiger partial charge is 0.101 e. The van der Waals surface area contributed by atoms with Gasteiger partial charge >= 0.3 is 0 Å². The van der Waals surface area contributed by atoms with Crippen LogP contribution in [0.3, 0.4) is 0 Å². The van der Waals surface area contributed by atoms with Crippen molar-refractivity contribution in [2.45, 2.75) is 19.9 Å². The van der Waals surface area contributed by atoms with Gasteiger partial charge in [-0.25, -0.2) is 4.68 Å². The summed E-state index contributed by atoms with van der Waals surface area (Å²) in [5.41, 5.74) is 2.34. The SMILES string of the molecule is CCCNCc1cnnn1-c1ccc(C#N)c(C#N)c1. The van der Waals surface area contributed by atoms with E-state index in [-0.39, 0.29) is 0 Å². The van der Waals surface area contributed by atoms with Crippen molar-refractivity contribution in [2.75, 3.05) is 6.54 Å². The summed E-state index contributed by atoms with van der Waals surface area (Å²) in [6, 6.07) is 9.05. The van der Waals surface area contributed by atoms with Crippen molar-refractivity contribution in [1.29, 1.82) is 10.5 Å². The van der Waals surface area contributed by atoms with Crippen LogP contribution in [0.1, 0.15) is 30.2 Å². The quantitative estimate of drug-likeness (QED) is 0.828. The predicted molar refractivity (Wildman–Crippen MR) is 72.8 cm³/mol. The third-order valence-electron chi connectivity index (χ3n) is 2.84. The van der Waals surface area contributed by atoms with Crippen LogP contribution in [0.4, 0.5) is 0 Å². The van der Waals surface area contributed by atoms with Crippen molar-refractivity contribution >= 4 is 0 Å². The third-order valence-corrected chi connectivity index (χ3v) is 2.84. The summed E-state index contributed by atoms with van der Waals surface area (Å²) >= 11 is 0. The Morgan fingerprint density at radius 2 is 2.05 bits per heavy atom. The number of hydrogen-bond donors (Lipinski definition) is 1. The van der Waals surface area contributed by atoms with E-state index >= 15 is 0 Å². The first-order chi connectivity index (χ1) is 9.80. The normalized spacial score (nSPS) is 9.95. The molecule has 0 fully saturated rings. The number of rotatable bonds is 5. The number of nitrogens with zero attached hydrogens (tertiary/aromatic N) is 5. The molecule has 20 heavy (non-hydrogen) atoms. The second kappa shape index (κ2) is 6.46. The van der Waals surface area contributed by atoms with Crippen LogP contribution in [0.5, 0.6) is 0 Å². The van der Waals surface area contributed by atoms with E-state index in [1.165, 1.54) is 0 Å². The second-order valence-corrected chi connectivity index (χ2v) is 4.27. The van der Waals surface area contributed by atoms with Gasteiger partial charge in [0.05, 0.1) is 28.7 Å². The number of nitrogens with one attached hydrogen (secondary N) is 1. The molecule has 100 valence electrons. The topological polar surface area (TPSA) is 90.3 Å². The Morgan fingerprint density at radius 3 is 2.75 bits per heavy atom. The summed E-state index contributed by atoms with van der Waals surface area (Å²) in [5.74, 6) is 0. The molecule has 6 heteroatoms. The van der Waals surface area contributed by atoms with Crippen LogP contribution in [-0.4, -0.2) is 21.5 Å². The molecule has 0 saturated heterocycles. The van der Waals surface area contributed by atoms with Crippen molar-refractivity contribution in [3.05, 3.63) is 41.2 Å². The summed E-state index contributed by atoms with van der Waals surface area (Å²) in [7, 11) is 0. The van der Waals surface area contributed by atoms with Gasteiger partial charge in [0.1, 0.15) is 12.1 Å². The number of aromatic nitrogens is 3. The zero-order valence-corrected chi connectivity index (χ0v) is 11.2. The lowest BCUT2D eigenvalue weighted by molar-refractivity contribution is 0.641. The van der Waals surface area contributed by atoms with E-state index < -0.39 is 0 Å². The molecule has 0 aliphatic rings. The summed E-state index contributed by atoms with van der Waals surface area (Å²) in [6.45, 7) is 3.67. The number of hydrogen-bond acceptors (Lipinski definition) is 5. The molecule has 0 saturated carbocycles. The fourth-order valence-electron chi connectivity index (χ4n) is 1.84. The van der Waals surface area contributed by atoms with Crippen LogP contribution < -0.4 is 5.32 Å². The van der Waals surface area contributed by atoms with Crippen molar-refractivity contribution < 1.29 is 0 Å². The van der Waals surface area contributed by atoms with Crippen molar-refractivity contribution in [2.24, 2.45) is 0 Å². The van der Waals surface area contributed by atoms with Gasteiger partial charge in [-0.1, -0.05) is 12.1 Å². The van der Waals surface area contributed by atoms with Gasteiger partial charge in [-0.15, -0.1) is 5.10 Å². The van der Waals surface area contributed by atoms with E-state index in [9.17, 15) is 0 Å². The molecule has 2 aromatic rings. The first kappa shape index (κ1) is 13.7. The highest BCUT2D eigenvalue weighted by molar-refractivity contribution is 5.51. The molecule has 2 rings (SSSR count). The highest BCUT2D eigenvalue weighted by Crippen LogP contribution is 2.15. The lowest BCUT2D eigenvalue weighted by atomic mass is 10.1. The number of benzene rings is 1. The largest absolute Gasteiger partial charge is 0.311 e. The fraction of sp³-hybridized carbons (Fsp3) is 0.286. The first-order valence-electron chi connectivity index (χ1n) is 6.35. The molecule has 0 amide bonds. The van der Waals surface area contributed by atoms with Gasteiger partial charge in [-0.05, 0) is 31.2 Å². The summed E-state index contributed by atoms with van der Waals surface area (Å²) in [4.78, 5) is 0. The van der Waals surface area contributed by atoms with Crippen molar-refractivity contribution in [1.82, 2.24) is 20.3 Å². The Bertz CT molecular complexity index is 674. The minimum atomic E-state index is 0.341. The standard InChI is InChI=1S/C14H14N6/c1-2-5-17-9-14-10-18-19-20(14)13-4-3-11(7-15)12(6-13)8-16/h3-4,6,10,17H,2,5,9H2,1H3. The molecule has 0 bridgehead atoms. The van der Waals surface area contributed by atoms with E-state index in [2.05, 4.69) is 22.6 Å². The monoisotopic (exact) mass is 266 g/mol. The van der Waals surface area contributed by atoms with Crippen LogP contribution in [0.15, 0.2) is 24.4 Å². The van der Waals surface area contributed by atoms with Crippen LogP contribution in [0.25, 0.3) is 5.69 Å². The van der Waals surface area contributed by atoms with Gasteiger partial charge in [0.25, 0.3) is 0 Å². The van der Waals surface area contributed by atoms with E-state index in [0.717, 1.165) is 24.3 Å². The zero-order chi connectivity index (χ0) is 14.4. The van der Waals surface area contributed by atoms with Gasteiger partial charge in [-0.3, -0.25) is 0 Å².